The Morgan fingerprint density at radius 1 is 1.19 bits per heavy atom. The highest BCUT2D eigenvalue weighted by Crippen LogP contribution is 2.33. The SMILES string of the molecule is CCCCC[C@@]1([C@H](O)C(Cc2ccccc2)N(C(=O)O)C(C)(C)C)NC(C(C)C)NC1=O. The normalized spacial score (nSPS) is 23.1. The van der Waals surface area contributed by atoms with E-state index < -0.39 is 29.3 Å². The molecule has 1 saturated heterocycles. The highest BCUT2D eigenvalue weighted by molar-refractivity contribution is 5.90. The van der Waals surface area contributed by atoms with Gasteiger partial charge in [0.05, 0.1) is 12.2 Å². The van der Waals surface area contributed by atoms with Crippen LogP contribution in [0.15, 0.2) is 30.3 Å². The minimum absolute atomic E-state index is 0.130. The third-order valence-corrected chi connectivity index (χ3v) is 6.36. The summed E-state index contributed by atoms with van der Waals surface area (Å²) in [5.41, 5.74) is -1.10. The number of carboxylic acid groups (broad SMARTS) is 1. The fourth-order valence-corrected chi connectivity index (χ4v) is 4.64. The second-order valence-corrected chi connectivity index (χ2v) is 10.3. The molecule has 1 aromatic carbocycles. The molecule has 180 valence electrons. The number of aliphatic hydroxyl groups excluding tert-OH is 1. The maximum absolute atomic E-state index is 13.3. The minimum atomic E-state index is -1.25. The lowest BCUT2D eigenvalue weighted by molar-refractivity contribution is -0.132. The first-order valence-corrected chi connectivity index (χ1v) is 11.8. The van der Waals surface area contributed by atoms with Crippen molar-refractivity contribution < 1.29 is 19.8 Å². The van der Waals surface area contributed by atoms with Gasteiger partial charge in [0, 0.05) is 5.54 Å². The molecule has 0 radical (unpaired) electrons. The predicted octanol–water partition coefficient (Wildman–Crippen LogP) is 3.76. The summed E-state index contributed by atoms with van der Waals surface area (Å²) in [4.78, 5) is 27.1. The van der Waals surface area contributed by atoms with Gasteiger partial charge in [0.2, 0.25) is 5.91 Å². The molecule has 7 nitrogen and oxygen atoms in total. The highest BCUT2D eigenvalue weighted by Gasteiger charge is 2.56. The number of hydrogen-bond donors (Lipinski definition) is 4. The lowest BCUT2D eigenvalue weighted by atomic mass is 9.79. The molecule has 4 N–H and O–H groups in total. The number of nitrogens with zero attached hydrogens (tertiary/aromatic N) is 1. The Labute approximate surface area is 192 Å². The first-order chi connectivity index (χ1) is 14.9. The fourth-order valence-electron chi connectivity index (χ4n) is 4.64. The van der Waals surface area contributed by atoms with E-state index in [1.165, 1.54) is 4.90 Å². The monoisotopic (exact) mass is 447 g/mol. The van der Waals surface area contributed by atoms with Crippen molar-refractivity contribution in [3.8, 4) is 0 Å². The minimum Gasteiger partial charge on any atom is -0.465 e. The molecule has 0 spiro atoms. The van der Waals surface area contributed by atoms with Crippen LogP contribution in [0.1, 0.15) is 72.8 Å². The molecule has 0 bridgehead atoms. The molecular weight excluding hydrogens is 406 g/mol. The Morgan fingerprint density at radius 2 is 1.81 bits per heavy atom. The zero-order valence-corrected chi connectivity index (χ0v) is 20.4. The number of rotatable bonds is 10. The molecule has 2 amide bonds. The van der Waals surface area contributed by atoms with E-state index in [2.05, 4.69) is 17.6 Å². The second kappa shape index (κ2) is 10.7. The zero-order chi connectivity index (χ0) is 24.1. The number of aliphatic hydroxyl groups is 1. The van der Waals surface area contributed by atoms with Crippen molar-refractivity contribution in [2.75, 3.05) is 0 Å². The molecule has 1 fully saturated rings. The molecule has 4 atom stereocenters. The molecule has 1 aromatic rings. The molecule has 32 heavy (non-hydrogen) atoms. The largest absolute Gasteiger partial charge is 0.465 e. The average molecular weight is 448 g/mol. The first kappa shape index (κ1) is 26.1. The molecule has 0 saturated carbocycles. The summed E-state index contributed by atoms with van der Waals surface area (Å²) in [7, 11) is 0. The maximum Gasteiger partial charge on any atom is 0.408 e. The van der Waals surface area contributed by atoms with Crippen LogP contribution >= 0.6 is 0 Å². The van der Waals surface area contributed by atoms with Gasteiger partial charge in [0.1, 0.15) is 11.6 Å². The Kier molecular flexibility index (Phi) is 8.71. The van der Waals surface area contributed by atoms with Gasteiger partial charge in [-0.05, 0) is 45.1 Å². The van der Waals surface area contributed by atoms with Crippen LogP contribution in [0, 0.1) is 5.92 Å². The Balaban J connectivity index is 2.54. The molecule has 0 aromatic heterocycles. The van der Waals surface area contributed by atoms with Crippen molar-refractivity contribution in [2.24, 2.45) is 5.92 Å². The smallest absolute Gasteiger partial charge is 0.408 e. The second-order valence-electron chi connectivity index (χ2n) is 10.3. The molecule has 1 aliphatic heterocycles. The van der Waals surface area contributed by atoms with Gasteiger partial charge in [0.25, 0.3) is 0 Å². The van der Waals surface area contributed by atoms with Crippen LogP contribution in [0.25, 0.3) is 0 Å². The van der Waals surface area contributed by atoms with Crippen LogP contribution in [-0.4, -0.2) is 56.5 Å². The van der Waals surface area contributed by atoms with Gasteiger partial charge in [-0.2, -0.15) is 0 Å². The summed E-state index contributed by atoms with van der Waals surface area (Å²) in [6.07, 6.45) is 0.823. The summed E-state index contributed by atoms with van der Waals surface area (Å²) in [5.74, 6) is -0.123. The van der Waals surface area contributed by atoms with Crippen LogP contribution < -0.4 is 10.6 Å². The predicted molar refractivity (Wildman–Crippen MR) is 126 cm³/mol. The highest BCUT2D eigenvalue weighted by atomic mass is 16.4. The summed E-state index contributed by atoms with van der Waals surface area (Å²) in [5, 5.41) is 28.4. The van der Waals surface area contributed by atoms with Crippen molar-refractivity contribution in [1.82, 2.24) is 15.5 Å². The topological polar surface area (TPSA) is 102 Å². The first-order valence-electron chi connectivity index (χ1n) is 11.8. The number of nitrogens with one attached hydrogen (secondary N) is 2. The summed E-state index contributed by atoms with van der Waals surface area (Å²) < 4.78 is 0. The fraction of sp³-hybridized carbons (Fsp3) is 0.680. The van der Waals surface area contributed by atoms with Gasteiger partial charge in [-0.25, -0.2) is 4.79 Å². The van der Waals surface area contributed by atoms with Crippen LogP contribution in [-0.2, 0) is 11.2 Å². The summed E-state index contributed by atoms with van der Waals surface area (Å²) >= 11 is 0. The van der Waals surface area contributed by atoms with Crippen molar-refractivity contribution in [2.45, 2.75) is 103 Å². The molecular formula is C25H41N3O4. The van der Waals surface area contributed by atoms with Crippen LogP contribution in [0.4, 0.5) is 4.79 Å². The molecule has 1 aliphatic rings. The van der Waals surface area contributed by atoms with Crippen molar-refractivity contribution >= 4 is 12.0 Å². The van der Waals surface area contributed by atoms with E-state index in [0.29, 0.717) is 12.8 Å². The van der Waals surface area contributed by atoms with Crippen molar-refractivity contribution in [1.29, 1.82) is 0 Å². The maximum atomic E-state index is 13.3. The van der Waals surface area contributed by atoms with E-state index in [1.807, 2.05) is 65.0 Å². The van der Waals surface area contributed by atoms with Crippen molar-refractivity contribution in [3.05, 3.63) is 35.9 Å². The lowest BCUT2D eigenvalue weighted by Crippen LogP contribution is -2.67. The molecule has 7 heteroatoms. The van der Waals surface area contributed by atoms with Gasteiger partial charge in [-0.1, -0.05) is 70.4 Å². The Hall–Kier alpha value is -2.12. The van der Waals surface area contributed by atoms with E-state index in [0.717, 1.165) is 24.8 Å². The van der Waals surface area contributed by atoms with Gasteiger partial charge < -0.3 is 15.5 Å². The Morgan fingerprint density at radius 3 is 2.28 bits per heavy atom. The number of carbonyl (C=O) groups excluding carboxylic acids is 1. The zero-order valence-electron chi connectivity index (χ0n) is 20.4. The molecule has 0 aliphatic carbocycles. The van der Waals surface area contributed by atoms with Gasteiger partial charge in [-0.3, -0.25) is 15.0 Å². The van der Waals surface area contributed by atoms with E-state index in [4.69, 9.17) is 0 Å². The van der Waals surface area contributed by atoms with Crippen LogP contribution in [0.5, 0.6) is 0 Å². The molecule has 2 unspecified atom stereocenters. The standard InChI is InChI=1S/C25H41N3O4/c1-7-8-12-15-25(22(30)26-21(27-25)17(2)3)20(29)19(16-18-13-10-9-11-14-18)28(23(31)32)24(4,5)6/h9-11,13-14,17,19-21,27,29H,7-8,12,15-16H2,1-6H3,(H,26,30)(H,31,32)/t19?,20-,21?,25+/m1/s1. The number of carbonyl (C=O) groups is 2. The lowest BCUT2D eigenvalue weighted by Gasteiger charge is -2.46. The van der Waals surface area contributed by atoms with Gasteiger partial charge >= 0.3 is 6.09 Å². The third kappa shape index (κ3) is 5.81. The van der Waals surface area contributed by atoms with Gasteiger partial charge in [0.15, 0.2) is 0 Å². The quantitative estimate of drug-likeness (QED) is 0.409. The number of unbranched alkanes of at least 4 members (excludes halogenated alkanes) is 2. The van der Waals surface area contributed by atoms with E-state index in [-0.39, 0.29) is 18.0 Å². The molecule has 2 rings (SSSR count). The van der Waals surface area contributed by atoms with E-state index in [1.54, 1.807) is 0 Å². The third-order valence-electron chi connectivity index (χ3n) is 6.36. The van der Waals surface area contributed by atoms with E-state index >= 15 is 0 Å². The van der Waals surface area contributed by atoms with E-state index in [9.17, 15) is 19.8 Å². The summed E-state index contributed by atoms with van der Waals surface area (Å²) in [6.45, 7) is 11.5. The molecule has 1 heterocycles. The van der Waals surface area contributed by atoms with Crippen LogP contribution in [0.3, 0.4) is 0 Å². The summed E-state index contributed by atoms with van der Waals surface area (Å²) in [6, 6.07) is 8.73. The average Bonchev–Trinajstić information content (AvgIpc) is 3.04. The number of benzene rings is 1. The number of hydrogen-bond acceptors (Lipinski definition) is 4. The number of amides is 2. The van der Waals surface area contributed by atoms with Gasteiger partial charge in [-0.15, -0.1) is 0 Å². The van der Waals surface area contributed by atoms with Crippen molar-refractivity contribution in [3.63, 3.8) is 0 Å². The van der Waals surface area contributed by atoms with Crippen LogP contribution in [0.2, 0.25) is 0 Å². The Bertz CT molecular complexity index is 762.